The van der Waals surface area contributed by atoms with Crippen molar-refractivity contribution >= 4 is 40.7 Å². The van der Waals surface area contributed by atoms with Gasteiger partial charge in [0.05, 0.1) is 26.7 Å². The molecule has 0 spiro atoms. The molecule has 0 bridgehead atoms. The fourth-order valence-electron chi connectivity index (χ4n) is 2.02. The van der Waals surface area contributed by atoms with Crippen molar-refractivity contribution in [2.24, 2.45) is 5.41 Å². The molecule has 0 aliphatic rings. The molecular formula is C14H18Cl3NO2. The van der Waals surface area contributed by atoms with E-state index in [1.54, 1.807) is 13.0 Å². The second-order valence-electron chi connectivity index (χ2n) is 5.62. The number of carbonyl (C=O) groups is 1. The molecule has 1 unspecified atom stereocenters. The first-order valence-electron chi connectivity index (χ1n) is 6.24. The number of aliphatic hydroxyl groups excluding tert-OH is 1. The number of halogens is 3. The molecule has 0 radical (unpaired) electrons. The first-order chi connectivity index (χ1) is 9.14. The molecule has 0 heterocycles. The van der Waals surface area contributed by atoms with Crippen molar-refractivity contribution < 1.29 is 9.90 Å². The highest BCUT2D eigenvalue weighted by atomic mass is 35.5. The van der Waals surface area contributed by atoms with E-state index in [1.807, 2.05) is 13.8 Å². The third-order valence-corrected chi connectivity index (χ3v) is 3.97. The summed E-state index contributed by atoms with van der Waals surface area (Å²) in [6, 6.07) is 3.08. The SMILES string of the molecule is CC(O)CC(C)(C)CNC(=O)c1c(Cl)ccc(Cl)c1Cl. The first-order valence-corrected chi connectivity index (χ1v) is 7.37. The van der Waals surface area contributed by atoms with Gasteiger partial charge >= 0.3 is 0 Å². The summed E-state index contributed by atoms with van der Waals surface area (Å²) in [5, 5.41) is 12.9. The Labute approximate surface area is 134 Å². The van der Waals surface area contributed by atoms with E-state index in [4.69, 9.17) is 34.8 Å². The predicted molar refractivity (Wildman–Crippen MR) is 83.9 cm³/mol. The second-order valence-corrected chi connectivity index (χ2v) is 6.81. The fraction of sp³-hybridized carbons (Fsp3) is 0.500. The van der Waals surface area contributed by atoms with Crippen LogP contribution in [0.4, 0.5) is 0 Å². The van der Waals surface area contributed by atoms with Crippen molar-refractivity contribution in [3.05, 3.63) is 32.8 Å². The van der Waals surface area contributed by atoms with Gasteiger partial charge < -0.3 is 10.4 Å². The average Bonchev–Trinajstić information content (AvgIpc) is 2.30. The van der Waals surface area contributed by atoms with Crippen LogP contribution in [0.5, 0.6) is 0 Å². The van der Waals surface area contributed by atoms with Crippen LogP contribution in [0.1, 0.15) is 37.6 Å². The number of benzene rings is 1. The number of amides is 1. The van der Waals surface area contributed by atoms with E-state index in [0.29, 0.717) is 13.0 Å². The topological polar surface area (TPSA) is 49.3 Å². The minimum Gasteiger partial charge on any atom is -0.393 e. The molecule has 1 atom stereocenters. The maximum absolute atomic E-state index is 12.2. The molecule has 1 aromatic carbocycles. The van der Waals surface area contributed by atoms with Crippen LogP contribution < -0.4 is 5.32 Å². The summed E-state index contributed by atoms with van der Waals surface area (Å²) >= 11 is 17.9. The maximum Gasteiger partial charge on any atom is 0.254 e. The van der Waals surface area contributed by atoms with Gasteiger partial charge in [0.25, 0.3) is 5.91 Å². The monoisotopic (exact) mass is 337 g/mol. The number of carbonyl (C=O) groups excluding carboxylic acids is 1. The van der Waals surface area contributed by atoms with E-state index in [2.05, 4.69) is 5.32 Å². The lowest BCUT2D eigenvalue weighted by atomic mass is 9.87. The molecule has 0 aliphatic carbocycles. The fourth-order valence-corrected chi connectivity index (χ4v) is 2.71. The summed E-state index contributed by atoms with van der Waals surface area (Å²) in [6.07, 6.45) is 0.143. The molecule has 0 aromatic heterocycles. The van der Waals surface area contributed by atoms with E-state index in [-0.39, 0.29) is 32.0 Å². The van der Waals surface area contributed by atoms with Crippen molar-refractivity contribution in [2.75, 3.05) is 6.54 Å². The largest absolute Gasteiger partial charge is 0.393 e. The number of aliphatic hydroxyl groups is 1. The van der Waals surface area contributed by atoms with E-state index in [0.717, 1.165) is 0 Å². The van der Waals surface area contributed by atoms with Gasteiger partial charge in [0.15, 0.2) is 0 Å². The Kier molecular flexibility index (Phi) is 6.14. The molecule has 20 heavy (non-hydrogen) atoms. The molecule has 0 saturated carbocycles. The van der Waals surface area contributed by atoms with Crippen LogP contribution in [0, 0.1) is 5.41 Å². The lowest BCUT2D eigenvalue weighted by Gasteiger charge is -2.26. The van der Waals surface area contributed by atoms with E-state index in [9.17, 15) is 9.90 Å². The van der Waals surface area contributed by atoms with Crippen LogP contribution >= 0.6 is 34.8 Å². The van der Waals surface area contributed by atoms with Crippen LogP contribution in [0.15, 0.2) is 12.1 Å². The first kappa shape index (κ1) is 17.6. The summed E-state index contributed by atoms with van der Waals surface area (Å²) in [5.41, 5.74) is -0.0601. The van der Waals surface area contributed by atoms with Gasteiger partial charge in [0.2, 0.25) is 0 Å². The van der Waals surface area contributed by atoms with Crippen molar-refractivity contribution in [3.63, 3.8) is 0 Å². The van der Waals surface area contributed by atoms with Gasteiger partial charge in [-0.1, -0.05) is 48.7 Å². The van der Waals surface area contributed by atoms with Crippen molar-refractivity contribution in [1.82, 2.24) is 5.32 Å². The zero-order valence-electron chi connectivity index (χ0n) is 11.6. The molecule has 6 heteroatoms. The van der Waals surface area contributed by atoms with Gasteiger partial charge in [0, 0.05) is 6.54 Å². The number of hydrogen-bond donors (Lipinski definition) is 2. The molecule has 1 amide bonds. The summed E-state index contributed by atoms with van der Waals surface area (Å²) in [7, 11) is 0. The molecule has 0 aliphatic heterocycles. The minimum atomic E-state index is -0.430. The molecule has 2 N–H and O–H groups in total. The Balaban J connectivity index is 2.81. The van der Waals surface area contributed by atoms with Crippen LogP contribution in [-0.2, 0) is 0 Å². The molecule has 1 aromatic rings. The Morgan fingerprint density at radius 1 is 1.30 bits per heavy atom. The summed E-state index contributed by atoms with van der Waals surface area (Å²) in [5.74, 6) is -0.374. The summed E-state index contributed by atoms with van der Waals surface area (Å²) in [6.45, 7) is 6.03. The number of nitrogens with one attached hydrogen (secondary N) is 1. The van der Waals surface area contributed by atoms with Gasteiger partial charge in [-0.25, -0.2) is 0 Å². The second kappa shape index (κ2) is 6.99. The predicted octanol–water partition coefficient (Wildman–Crippen LogP) is 4.17. The highest BCUT2D eigenvalue weighted by Gasteiger charge is 2.23. The van der Waals surface area contributed by atoms with Gasteiger partial charge in [-0.15, -0.1) is 0 Å². The Hall–Kier alpha value is -0.480. The molecule has 1 rings (SSSR count). The molecule has 0 fully saturated rings. The van der Waals surface area contributed by atoms with Crippen molar-refractivity contribution in [3.8, 4) is 0 Å². The van der Waals surface area contributed by atoms with Gasteiger partial charge in [0.1, 0.15) is 0 Å². The standard InChI is InChI=1S/C14H18Cl3NO2/c1-8(19)6-14(2,3)7-18-13(20)11-9(15)4-5-10(16)12(11)17/h4-5,8,19H,6-7H2,1-3H3,(H,18,20). The van der Waals surface area contributed by atoms with Crippen LogP contribution in [0.2, 0.25) is 15.1 Å². The molecule has 0 saturated heterocycles. The molecule has 3 nitrogen and oxygen atoms in total. The number of rotatable bonds is 5. The van der Waals surface area contributed by atoms with Crippen molar-refractivity contribution in [1.29, 1.82) is 0 Å². The number of hydrogen-bond acceptors (Lipinski definition) is 2. The van der Waals surface area contributed by atoms with Gasteiger partial charge in [-0.05, 0) is 30.9 Å². The van der Waals surface area contributed by atoms with Gasteiger partial charge in [-0.2, -0.15) is 0 Å². The van der Waals surface area contributed by atoms with Crippen LogP contribution in [-0.4, -0.2) is 23.7 Å². The summed E-state index contributed by atoms with van der Waals surface area (Å²) in [4.78, 5) is 12.2. The third-order valence-electron chi connectivity index (χ3n) is 2.85. The lowest BCUT2D eigenvalue weighted by molar-refractivity contribution is 0.0902. The smallest absolute Gasteiger partial charge is 0.254 e. The Bertz CT molecular complexity index is 501. The Morgan fingerprint density at radius 2 is 1.85 bits per heavy atom. The lowest BCUT2D eigenvalue weighted by Crippen LogP contribution is -2.36. The van der Waals surface area contributed by atoms with Crippen molar-refractivity contribution in [2.45, 2.75) is 33.3 Å². The minimum absolute atomic E-state index is 0.144. The quantitative estimate of drug-likeness (QED) is 0.791. The highest BCUT2D eigenvalue weighted by molar-refractivity contribution is 6.46. The molecular weight excluding hydrogens is 321 g/mol. The zero-order valence-corrected chi connectivity index (χ0v) is 13.9. The maximum atomic E-state index is 12.2. The van der Waals surface area contributed by atoms with Gasteiger partial charge in [-0.3, -0.25) is 4.79 Å². The average molecular weight is 339 g/mol. The molecule has 112 valence electrons. The van der Waals surface area contributed by atoms with E-state index >= 15 is 0 Å². The highest BCUT2D eigenvalue weighted by Crippen LogP contribution is 2.31. The van der Waals surface area contributed by atoms with Crippen LogP contribution in [0.25, 0.3) is 0 Å². The third kappa shape index (κ3) is 4.81. The van der Waals surface area contributed by atoms with E-state index < -0.39 is 6.10 Å². The van der Waals surface area contributed by atoms with Crippen LogP contribution in [0.3, 0.4) is 0 Å². The van der Waals surface area contributed by atoms with E-state index in [1.165, 1.54) is 6.07 Å². The summed E-state index contributed by atoms with van der Waals surface area (Å²) < 4.78 is 0. The Morgan fingerprint density at radius 3 is 2.40 bits per heavy atom. The normalized spacial score (nSPS) is 13.2. The zero-order chi connectivity index (χ0) is 15.5.